The Kier molecular flexibility index (Phi) is 4.01. The number of benzene rings is 2. The van der Waals surface area contributed by atoms with E-state index in [4.69, 9.17) is 0 Å². The van der Waals surface area contributed by atoms with Gasteiger partial charge in [-0.1, -0.05) is 18.2 Å². The molecule has 0 aliphatic heterocycles. The lowest BCUT2D eigenvalue weighted by Crippen LogP contribution is -2.20. The van der Waals surface area contributed by atoms with E-state index < -0.39 is 0 Å². The lowest BCUT2D eigenvalue weighted by molar-refractivity contribution is -0.116. The summed E-state index contributed by atoms with van der Waals surface area (Å²) in [5, 5.41) is 7.22. The average Bonchev–Trinajstić information content (AvgIpc) is 3.24. The van der Waals surface area contributed by atoms with E-state index in [1.54, 1.807) is 23.3 Å². The van der Waals surface area contributed by atoms with E-state index in [1.807, 2.05) is 41.0 Å². The molecule has 0 aliphatic rings. The minimum absolute atomic E-state index is 0.125. The highest BCUT2D eigenvalue weighted by Gasteiger charge is 2.12. The van der Waals surface area contributed by atoms with Gasteiger partial charge in [0.2, 0.25) is 5.91 Å². The van der Waals surface area contributed by atoms with E-state index in [0.717, 1.165) is 16.7 Å². The van der Waals surface area contributed by atoms with Crippen LogP contribution < -0.4 is 5.32 Å². The highest BCUT2D eigenvalue weighted by Crippen LogP contribution is 2.19. The Morgan fingerprint density at radius 2 is 1.85 bits per heavy atom. The third kappa shape index (κ3) is 2.97. The number of aryl methyl sites for hydroxylation is 2. The second-order valence-corrected chi connectivity index (χ2v) is 6.31. The van der Waals surface area contributed by atoms with Crippen LogP contribution in [0.5, 0.6) is 0 Å². The lowest BCUT2D eigenvalue weighted by Gasteiger charge is -2.10. The summed E-state index contributed by atoms with van der Waals surface area (Å²) in [4.78, 5) is 17.0. The maximum atomic E-state index is 12.6. The number of rotatable bonds is 4. The Morgan fingerprint density at radius 1 is 1.08 bits per heavy atom. The first-order chi connectivity index (χ1) is 12.6. The first-order valence-corrected chi connectivity index (χ1v) is 8.43. The number of para-hydroxylation sites is 1. The largest absolute Gasteiger partial charge is 0.321 e. The highest BCUT2D eigenvalue weighted by atomic mass is 16.2. The van der Waals surface area contributed by atoms with Crippen molar-refractivity contribution >= 4 is 22.8 Å². The van der Waals surface area contributed by atoms with E-state index in [-0.39, 0.29) is 12.5 Å². The van der Waals surface area contributed by atoms with Crippen molar-refractivity contribution < 1.29 is 4.79 Å². The zero-order chi connectivity index (χ0) is 18.1. The van der Waals surface area contributed by atoms with Crippen LogP contribution in [0.15, 0.2) is 61.1 Å². The number of imidazole rings is 1. The van der Waals surface area contributed by atoms with Gasteiger partial charge in [0.15, 0.2) is 0 Å². The van der Waals surface area contributed by atoms with Gasteiger partial charge < -0.3 is 9.88 Å². The fraction of sp³-hybridized carbons (Fsp3) is 0.150. The molecule has 6 nitrogen and oxygen atoms in total. The first kappa shape index (κ1) is 16.1. The number of nitrogens with one attached hydrogen (secondary N) is 1. The van der Waals surface area contributed by atoms with Crippen LogP contribution in [0.4, 0.5) is 5.82 Å². The first-order valence-electron chi connectivity index (χ1n) is 8.43. The Bertz CT molecular complexity index is 1080. The molecule has 0 unspecified atom stereocenters. The molecule has 0 saturated carbocycles. The average molecular weight is 345 g/mol. The minimum Gasteiger partial charge on any atom is -0.321 e. The zero-order valence-electron chi connectivity index (χ0n) is 14.7. The molecule has 26 heavy (non-hydrogen) atoms. The van der Waals surface area contributed by atoms with E-state index in [0.29, 0.717) is 5.82 Å². The van der Waals surface area contributed by atoms with Crippen LogP contribution in [0.2, 0.25) is 0 Å². The van der Waals surface area contributed by atoms with Crippen LogP contribution in [0.3, 0.4) is 0 Å². The highest BCUT2D eigenvalue weighted by molar-refractivity contribution is 5.91. The third-order valence-electron chi connectivity index (χ3n) is 4.46. The monoisotopic (exact) mass is 345 g/mol. The maximum absolute atomic E-state index is 12.6. The lowest BCUT2D eigenvalue weighted by atomic mass is 10.1. The van der Waals surface area contributed by atoms with Gasteiger partial charge in [0.05, 0.1) is 29.2 Å². The third-order valence-corrected chi connectivity index (χ3v) is 4.46. The molecule has 6 heteroatoms. The van der Waals surface area contributed by atoms with Gasteiger partial charge >= 0.3 is 0 Å². The van der Waals surface area contributed by atoms with Crippen molar-refractivity contribution in [2.75, 3.05) is 5.32 Å². The number of hydrogen-bond donors (Lipinski definition) is 1. The van der Waals surface area contributed by atoms with Gasteiger partial charge in [-0.05, 0) is 49.2 Å². The topological polar surface area (TPSA) is 64.7 Å². The van der Waals surface area contributed by atoms with Gasteiger partial charge in [0.25, 0.3) is 0 Å². The van der Waals surface area contributed by atoms with Crippen LogP contribution in [0.25, 0.3) is 16.7 Å². The van der Waals surface area contributed by atoms with Crippen LogP contribution >= 0.6 is 0 Å². The molecule has 1 N–H and O–H groups in total. The maximum Gasteiger partial charge on any atom is 0.245 e. The smallest absolute Gasteiger partial charge is 0.245 e. The molecule has 0 bridgehead atoms. The Morgan fingerprint density at radius 3 is 2.65 bits per heavy atom. The number of carbonyl (C=O) groups excluding carboxylic acids is 1. The van der Waals surface area contributed by atoms with Crippen molar-refractivity contribution in [1.82, 2.24) is 19.3 Å². The predicted octanol–water partition coefficient (Wildman–Crippen LogP) is 3.48. The van der Waals surface area contributed by atoms with Crippen molar-refractivity contribution in [3.05, 3.63) is 72.2 Å². The minimum atomic E-state index is -0.125. The molecule has 2 aromatic heterocycles. The molecular formula is C20H19N5O. The molecule has 130 valence electrons. The molecule has 4 aromatic rings. The fourth-order valence-electron chi connectivity index (χ4n) is 2.95. The van der Waals surface area contributed by atoms with Crippen molar-refractivity contribution in [3.63, 3.8) is 0 Å². The molecule has 0 radical (unpaired) electrons. The molecule has 2 heterocycles. The molecule has 0 aliphatic carbocycles. The van der Waals surface area contributed by atoms with Crippen molar-refractivity contribution in [2.24, 2.45) is 0 Å². The van der Waals surface area contributed by atoms with Crippen molar-refractivity contribution in [1.29, 1.82) is 0 Å². The van der Waals surface area contributed by atoms with E-state index >= 15 is 0 Å². The SMILES string of the molecule is Cc1cc2ncn(CC(=O)Nc3ccnn3-c3ccccc3)c2cc1C. The molecule has 1 amide bonds. The van der Waals surface area contributed by atoms with Crippen molar-refractivity contribution in [2.45, 2.75) is 20.4 Å². The van der Waals surface area contributed by atoms with Crippen LogP contribution in [0.1, 0.15) is 11.1 Å². The van der Waals surface area contributed by atoms with Gasteiger partial charge in [-0.25, -0.2) is 9.67 Å². The van der Waals surface area contributed by atoms with Gasteiger partial charge in [-0.15, -0.1) is 0 Å². The van der Waals surface area contributed by atoms with Gasteiger partial charge in [0, 0.05) is 6.07 Å². The Labute approximate surface area is 151 Å². The van der Waals surface area contributed by atoms with Gasteiger partial charge in [-0.2, -0.15) is 5.10 Å². The standard InChI is InChI=1S/C20H19N5O/c1-14-10-17-18(11-15(14)2)24(13-21-17)12-20(26)23-19-8-9-22-25(19)16-6-4-3-5-7-16/h3-11,13H,12H2,1-2H3,(H,23,26). The Balaban J connectivity index is 1.56. The van der Waals surface area contributed by atoms with Crippen molar-refractivity contribution in [3.8, 4) is 5.69 Å². The molecule has 0 atom stereocenters. The summed E-state index contributed by atoms with van der Waals surface area (Å²) in [6, 6.07) is 15.6. The summed E-state index contributed by atoms with van der Waals surface area (Å²) in [5.41, 5.74) is 5.13. The van der Waals surface area contributed by atoms with E-state index in [1.165, 1.54) is 11.1 Å². The van der Waals surface area contributed by atoms with Gasteiger partial charge in [-0.3, -0.25) is 4.79 Å². The summed E-state index contributed by atoms with van der Waals surface area (Å²) >= 11 is 0. The molecule has 0 spiro atoms. The van der Waals surface area contributed by atoms with Gasteiger partial charge in [0.1, 0.15) is 12.4 Å². The quantitative estimate of drug-likeness (QED) is 0.616. The number of aromatic nitrogens is 4. The summed E-state index contributed by atoms with van der Waals surface area (Å²) < 4.78 is 3.57. The number of hydrogen-bond acceptors (Lipinski definition) is 3. The number of carbonyl (C=O) groups is 1. The number of fused-ring (bicyclic) bond motifs is 1. The Hall–Kier alpha value is -3.41. The number of amides is 1. The van der Waals surface area contributed by atoms with E-state index in [9.17, 15) is 4.79 Å². The summed E-state index contributed by atoms with van der Waals surface area (Å²) in [5.74, 6) is 0.512. The predicted molar refractivity (Wildman–Crippen MR) is 101 cm³/mol. The van der Waals surface area contributed by atoms with Crippen LogP contribution in [-0.2, 0) is 11.3 Å². The van der Waals surface area contributed by atoms with Crippen LogP contribution in [0, 0.1) is 13.8 Å². The second-order valence-electron chi connectivity index (χ2n) is 6.31. The molecule has 4 rings (SSSR count). The molecule has 0 fully saturated rings. The number of anilines is 1. The normalized spacial score (nSPS) is 11.0. The number of nitrogens with zero attached hydrogens (tertiary/aromatic N) is 4. The summed E-state index contributed by atoms with van der Waals surface area (Å²) in [6.45, 7) is 4.31. The second kappa shape index (κ2) is 6.48. The zero-order valence-corrected chi connectivity index (χ0v) is 14.7. The molecular weight excluding hydrogens is 326 g/mol. The molecule has 0 saturated heterocycles. The molecule has 2 aromatic carbocycles. The summed E-state index contributed by atoms with van der Waals surface area (Å²) in [7, 11) is 0. The summed E-state index contributed by atoms with van der Waals surface area (Å²) in [6.07, 6.45) is 3.37. The van der Waals surface area contributed by atoms with Crippen LogP contribution in [-0.4, -0.2) is 25.2 Å². The van der Waals surface area contributed by atoms with E-state index in [2.05, 4.69) is 35.3 Å². The fourth-order valence-corrected chi connectivity index (χ4v) is 2.95.